The maximum Gasteiger partial charge on any atom is 0.208 e. The second-order valence-corrected chi connectivity index (χ2v) is 7.98. The summed E-state index contributed by atoms with van der Waals surface area (Å²) in [6.07, 6.45) is 4.03. The molecule has 4 nitrogen and oxygen atoms in total. The molecule has 0 aliphatic heterocycles. The monoisotopic (exact) mass is 286 g/mol. The molecule has 0 unspecified atom stereocenters. The first kappa shape index (κ1) is 16.2. The average molecular weight is 286 g/mol. The minimum atomic E-state index is -3.05. The molecule has 0 saturated carbocycles. The Morgan fingerprint density at radius 3 is 2.32 bits per heavy atom. The second-order valence-electron chi connectivity index (χ2n) is 6.14. The third-order valence-electron chi connectivity index (χ3n) is 3.22. The molecule has 1 aromatic heterocycles. The van der Waals surface area contributed by atoms with E-state index in [1.54, 1.807) is 0 Å². The van der Waals surface area contributed by atoms with E-state index in [1.807, 2.05) is 0 Å². The molecule has 0 spiro atoms. The second kappa shape index (κ2) is 6.09. The van der Waals surface area contributed by atoms with E-state index in [0.717, 1.165) is 19.3 Å². The molecule has 0 radical (unpaired) electrons. The van der Waals surface area contributed by atoms with Crippen molar-refractivity contribution in [1.29, 1.82) is 0 Å². The van der Waals surface area contributed by atoms with E-state index < -0.39 is 10.0 Å². The number of hydrogen-bond acceptors (Lipinski definition) is 2. The zero-order valence-corrected chi connectivity index (χ0v) is 13.5. The summed E-state index contributed by atoms with van der Waals surface area (Å²) in [5, 5.41) is 0. The Morgan fingerprint density at radius 1 is 1.21 bits per heavy atom. The lowest BCUT2D eigenvalue weighted by atomic mass is 9.92. The van der Waals surface area contributed by atoms with Gasteiger partial charge in [0.05, 0.1) is 6.26 Å². The lowest BCUT2D eigenvalue weighted by Gasteiger charge is -2.20. The van der Waals surface area contributed by atoms with Crippen molar-refractivity contribution in [3.05, 3.63) is 23.5 Å². The lowest BCUT2D eigenvalue weighted by Crippen LogP contribution is -2.23. The van der Waals surface area contributed by atoms with Crippen molar-refractivity contribution in [1.82, 2.24) is 9.29 Å². The van der Waals surface area contributed by atoms with Gasteiger partial charge < -0.3 is 4.57 Å². The SMILES string of the molecule is Cn1c(CCCCNS(C)(=O)=O)ccc1C(C)(C)C. The highest BCUT2D eigenvalue weighted by Gasteiger charge is 2.18. The molecule has 5 heteroatoms. The maximum absolute atomic E-state index is 10.9. The lowest BCUT2D eigenvalue weighted by molar-refractivity contribution is 0.534. The molecule has 1 rings (SSSR count). The van der Waals surface area contributed by atoms with Crippen LogP contribution < -0.4 is 4.72 Å². The van der Waals surface area contributed by atoms with Gasteiger partial charge in [0.1, 0.15) is 0 Å². The highest BCUT2D eigenvalue weighted by Crippen LogP contribution is 2.24. The Bertz CT molecular complexity index is 510. The maximum atomic E-state index is 10.9. The number of nitrogens with zero attached hydrogens (tertiary/aromatic N) is 1. The fourth-order valence-corrected chi connectivity index (χ4v) is 2.76. The summed E-state index contributed by atoms with van der Waals surface area (Å²) in [5.41, 5.74) is 2.80. The molecular formula is C14H26N2O2S. The predicted octanol–water partition coefficient (Wildman–Crippen LogP) is 2.19. The van der Waals surface area contributed by atoms with Crippen LogP contribution in [0.1, 0.15) is 45.0 Å². The number of nitrogens with one attached hydrogen (secondary N) is 1. The largest absolute Gasteiger partial charge is 0.351 e. The average Bonchev–Trinajstić information content (AvgIpc) is 2.57. The summed E-state index contributed by atoms with van der Waals surface area (Å²) in [5.74, 6) is 0. The van der Waals surface area contributed by atoms with Crippen LogP contribution in [-0.4, -0.2) is 25.8 Å². The molecule has 0 aliphatic carbocycles. The van der Waals surface area contributed by atoms with Crippen LogP contribution in [0, 0.1) is 0 Å². The van der Waals surface area contributed by atoms with E-state index >= 15 is 0 Å². The molecule has 0 atom stereocenters. The smallest absolute Gasteiger partial charge is 0.208 e. The quantitative estimate of drug-likeness (QED) is 0.815. The van der Waals surface area contributed by atoms with Crippen molar-refractivity contribution in [2.75, 3.05) is 12.8 Å². The van der Waals surface area contributed by atoms with Crippen LogP contribution in [0.25, 0.3) is 0 Å². The van der Waals surface area contributed by atoms with Crippen molar-refractivity contribution >= 4 is 10.0 Å². The molecule has 1 aromatic rings. The molecule has 0 aliphatic rings. The van der Waals surface area contributed by atoms with Gasteiger partial charge >= 0.3 is 0 Å². The van der Waals surface area contributed by atoms with Crippen molar-refractivity contribution in [3.63, 3.8) is 0 Å². The van der Waals surface area contributed by atoms with Crippen LogP contribution in [0.2, 0.25) is 0 Å². The van der Waals surface area contributed by atoms with Gasteiger partial charge in [0.25, 0.3) is 0 Å². The Labute approximate surface area is 117 Å². The number of sulfonamides is 1. The van der Waals surface area contributed by atoms with E-state index in [0.29, 0.717) is 6.54 Å². The van der Waals surface area contributed by atoms with Gasteiger partial charge in [0, 0.05) is 30.4 Å². The van der Waals surface area contributed by atoms with Gasteiger partial charge in [-0.1, -0.05) is 20.8 Å². The van der Waals surface area contributed by atoms with E-state index in [4.69, 9.17) is 0 Å². The van der Waals surface area contributed by atoms with E-state index in [-0.39, 0.29) is 5.41 Å². The molecule has 1 heterocycles. The van der Waals surface area contributed by atoms with Crippen molar-refractivity contribution in [2.24, 2.45) is 7.05 Å². The van der Waals surface area contributed by atoms with Crippen LogP contribution in [0.4, 0.5) is 0 Å². The fourth-order valence-electron chi connectivity index (χ4n) is 2.25. The van der Waals surface area contributed by atoms with Crippen LogP contribution in [0.5, 0.6) is 0 Å². The van der Waals surface area contributed by atoms with E-state index in [2.05, 4.69) is 49.2 Å². The van der Waals surface area contributed by atoms with Gasteiger partial charge in [-0.25, -0.2) is 13.1 Å². The topological polar surface area (TPSA) is 51.1 Å². The molecule has 1 N–H and O–H groups in total. The number of aromatic nitrogens is 1. The zero-order chi connectivity index (χ0) is 14.7. The summed E-state index contributed by atoms with van der Waals surface area (Å²) in [7, 11) is -0.946. The summed E-state index contributed by atoms with van der Waals surface area (Å²) in [6, 6.07) is 4.36. The summed E-state index contributed by atoms with van der Waals surface area (Å²) >= 11 is 0. The Kier molecular flexibility index (Phi) is 5.21. The summed E-state index contributed by atoms with van der Waals surface area (Å²) in [6.45, 7) is 7.15. The molecule has 0 fully saturated rings. The number of unbranched alkanes of at least 4 members (excludes halogenated alkanes) is 1. The number of aryl methyl sites for hydroxylation is 1. The van der Waals surface area contributed by atoms with Crippen LogP contribution in [-0.2, 0) is 28.9 Å². The predicted molar refractivity (Wildman–Crippen MR) is 79.9 cm³/mol. The molecule has 0 saturated heterocycles. The van der Waals surface area contributed by atoms with Gasteiger partial charge in [0.15, 0.2) is 0 Å². The number of hydrogen-bond donors (Lipinski definition) is 1. The van der Waals surface area contributed by atoms with Crippen molar-refractivity contribution < 1.29 is 8.42 Å². The number of rotatable bonds is 6. The summed E-state index contributed by atoms with van der Waals surface area (Å²) in [4.78, 5) is 0. The minimum absolute atomic E-state index is 0.158. The Morgan fingerprint density at radius 2 is 1.84 bits per heavy atom. The highest BCUT2D eigenvalue weighted by molar-refractivity contribution is 7.88. The third kappa shape index (κ3) is 5.37. The summed E-state index contributed by atoms with van der Waals surface area (Å²) < 4.78 is 26.6. The minimum Gasteiger partial charge on any atom is -0.351 e. The van der Waals surface area contributed by atoms with Gasteiger partial charge in [-0.05, 0) is 31.4 Å². The standard InChI is InChI=1S/C14H26N2O2S/c1-14(2,3)13-10-9-12(16(13)4)8-6-7-11-15-19(5,17)18/h9-10,15H,6-8,11H2,1-5H3. The van der Waals surface area contributed by atoms with Crippen LogP contribution in [0.3, 0.4) is 0 Å². The van der Waals surface area contributed by atoms with Gasteiger partial charge in [-0.3, -0.25) is 0 Å². The molecule has 0 amide bonds. The first-order valence-corrected chi connectivity index (χ1v) is 8.60. The van der Waals surface area contributed by atoms with Crippen LogP contribution in [0.15, 0.2) is 12.1 Å². The normalized spacial score (nSPS) is 12.9. The molecule has 19 heavy (non-hydrogen) atoms. The molecule has 0 bridgehead atoms. The van der Waals surface area contributed by atoms with Crippen molar-refractivity contribution in [2.45, 2.75) is 45.4 Å². The molecule has 0 aromatic carbocycles. The fraction of sp³-hybridized carbons (Fsp3) is 0.714. The Balaban J connectivity index is 2.45. The zero-order valence-electron chi connectivity index (χ0n) is 12.7. The Hall–Kier alpha value is -0.810. The first-order chi connectivity index (χ1) is 8.61. The van der Waals surface area contributed by atoms with E-state index in [9.17, 15) is 8.42 Å². The van der Waals surface area contributed by atoms with Gasteiger partial charge in [-0.15, -0.1) is 0 Å². The highest BCUT2D eigenvalue weighted by atomic mass is 32.2. The molecule has 110 valence electrons. The van der Waals surface area contributed by atoms with Gasteiger partial charge in [-0.2, -0.15) is 0 Å². The molecular weight excluding hydrogens is 260 g/mol. The van der Waals surface area contributed by atoms with E-state index in [1.165, 1.54) is 17.6 Å². The van der Waals surface area contributed by atoms with Crippen LogP contribution >= 0.6 is 0 Å². The third-order valence-corrected chi connectivity index (χ3v) is 3.95. The van der Waals surface area contributed by atoms with Crippen molar-refractivity contribution in [3.8, 4) is 0 Å². The first-order valence-electron chi connectivity index (χ1n) is 6.71. The van der Waals surface area contributed by atoms with Gasteiger partial charge in [0.2, 0.25) is 10.0 Å².